The lowest BCUT2D eigenvalue weighted by molar-refractivity contribution is 0.867. The Morgan fingerprint density at radius 1 is 0.867 bits per heavy atom. The molecule has 2 aromatic rings. The van der Waals surface area contributed by atoms with Gasteiger partial charge in [0.2, 0.25) is 0 Å². The van der Waals surface area contributed by atoms with Crippen molar-refractivity contribution < 1.29 is 5.48 Å². The van der Waals surface area contributed by atoms with Crippen molar-refractivity contribution in [1.29, 1.82) is 0 Å². The first kappa shape index (κ1) is 6.12. The van der Waals surface area contributed by atoms with Crippen LogP contribution in [0.25, 0.3) is 11.1 Å². The summed E-state index contributed by atoms with van der Waals surface area (Å²) in [5.74, 6) is -0.0296. The molecule has 0 bridgehead atoms. The van der Waals surface area contributed by atoms with Crippen LogP contribution in [0.1, 0.15) is 30.8 Å². The molecule has 0 unspecified atom stereocenters. The smallest absolute Gasteiger partial charge is 0.0622 e. The lowest BCUT2D eigenvalue weighted by Crippen LogP contribution is -1.86. The molecule has 15 heavy (non-hydrogen) atoms. The maximum atomic E-state index is 8.11. The van der Waals surface area contributed by atoms with Gasteiger partial charge in [0.1, 0.15) is 0 Å². The van der Waals surface area contributed by atoms with Crippen LogP contribution in [0, 0.1) is 0 Å². The molecule has 0 spiro atoms. The summed E-state index contributed by atoms with van der Waals surface area (Å²) in [5.41, 5.74) is 1.57. The third kappa shape index (κ3) is 2.27. The van der Waals surface area contributed by atoms with Crippen molar-refractivity contribution in [3.8, 4) is 11.1 Å². The van der Waals surface area contributed by atoms with Gasteiger partial charge >= 0.3 is 0 Å². The topological polar surface area (TPSA) is 0 Å². The predicted molar refractivity (Wildman–Crippen MR) is 66.0 cm³/mol. The first-order chi connectivity index (χ1) is 8.95. The van der Waals surface area contributed by atoms with Gasteiger partial charge in [0.25, 0.3) is 0 Å². The molecule has 0 saturated carbocycles. The van der Waals surface area contributed by atoms with E-state index >= 15 is 0 Å². The van der Waals surface area contributed by atoms with E-state index in [0.29, 0.717) is 11.1 Å². The van der Waals surface area contributed by atoms with Gasteiger partial charge in [0, 0.05) is 0 Å². The zero-order valence-corrected chi connectivity index (χ0v) is 8.96. The summed E-state index contributed by atoms with van der Waals surface area (Å²) in [6.07, 6.45) is 0. The van der Waals surface area contributed by atoms with Crippen molar-refractivity contribution in [2.45, 2.75) is 19.8 Å². The number of benzene rings is 2. The standard InChI is InChI=1S/C15H16/c1-12(2)13-8-10-15(11-9-13)14-6-4-3-5-7-14/h3-12H,1-2H3/i8D,9D,10D,11D. The Hall–Kier alpha value is -1.56. The summed E-state index contributed by atoms with van der Waals surface area (Å²) in [4.78, 5) is 0. The molecule has 0 aromatic heterocycles. The van der Waals surface area contributed by atoms with Crippen molar-refractivity contribution >= 4 is 0 Å². The summed E-state index contributed by atoms with van der Waals surface area (Å²) in [6.45, 7) is 3.76. The SMILES string of the molecule is [2H]c1c([2H])c(C(C)C)c([2H])c([2H])c1-c1ccccc1. The molecule has 0 amide bonds. The molecule has 0 N–H and O–H groups in total. The molecule has 0 fully saturated rings. The fourth-order valence-electron chi connectivity index (χ4n) is 1.36. The van der Waals surface area contributed by atoms with E-state index in [1.165, 1.54) is 0 Å². The molecular weight excluding hydrogens is 180 g/mol. The largest absolute Gasteiger partial charge is 0.0629 e. The monoisotopic (exact) mass is 200 g/mol. The summed E-state index contributed by atoms with van der Waals surface area (Å²) in [6, 6.07) is 9.34. The average Bonchev–Trinajstić information content (AvgIpc) is 2.38. The number of rotatable bonds is 2. The molecule has 2 rings (SSSR count). The maximum Gasteiger partial charge on any atom is 0.0629 e. The lowest BCUT2D eigenvalue weighted by Gasteiger charge is -2.06. The summed E-state index contributed by atoms with van der Waals surface area (Å²) >= 11 is 0. The van der Waals surface area contributed by atoms with Gasteiger partial charge in [-0.2, -0.15) is 0 Å². The second kappa shape index (κ2) is 4.31. The second-order valence-corrected chi connectivity index (χ2v) is 3.81. The van der Waals surface area contributed by atoms with E-state index in [1.807, 2.05) is 32.0 Å². The normalized spacial score (nSPS) is 14.3. The molecule has 0 heteroatoms. The first-order valence-corrected chi connectivity index (χ1v) is 5.10. The van der Waals surface area contributed by atoms with Crippen LogP contribution in [0.3, 0.4) is 0 Å². The second-order valence-electron chi connectivity index (χ2n) is 3.81. The zero-order chi connectivity index (χ0) is 14.2. The Balaban J connectivity index is 2.79. The minimum atomic E-state index is -0.0296. The lowest BCUT2D eigenvalue weighted by atomic mass is 9.99. The van der Waals surface area contributed by atoms with Gasteiger partial charge in [0.05, 0.1) is 5.48 Å². The van der Waals surface area contributed by atoms with E-state index in [0.717, 1.165) is 5.56 Å². The van der Waals surface area contributed by atoms with Crippen LogP contribution in [0.2, 0.25) is 0 Å². The molecular formula is C15H16. The molecule has 0 aliphatic carbocycles. The Kier molecular flexibility index (Phi) is 1.76. The van der Waals surface area contributed by atoms with E-state index in [-0.39, 0.29) is 30.1 Å². The molecule has 0 atom stereocenters. The van der Waals surface area contributed by atoms with Crippen LogP contribution in [0.15, 0.2) is 54.5 Å². The van der Waals surface area contributed by atoms with E-state index < -0.39 is 0 Å². The number of hydrogen-bond acceptors (Lipinski definition) is 0. The highest BCUT2D eigenvalue weighted by molar-refractivity contribution is 5.63. The minimum absolute atomic E-state index is 0.0296. The highest BCUT2D eigenvalue weighted by Crippen LogP contribution is 2.22. The van der Waals surface area contributed by atoms with Crippen molar-refractivity contribution in [2.75, 3.05) is 0 Å². The quantitative estimate of drug-likeness (QED) is 0.670. The highest BCUT2D eigenvalue weighted by Gasteiger charge is 1.99. The fourth-order valence-corrected chi connectivity index (χ4v) is 1.36. The van der Waals surface area contributed by atoms with Crippen molar-refractivity contribution in [3.63, 3.8) is 0 Å². The Morgan fingerprint density at radius 2 is 1.47 bits per heavy atom. The van der Waals surface area contributed by atoms with E-state index in [1.54, 1.807) is 12.1 Å². The van der Waals surface area contributed by atoms with Gasteiger partial charge in [-0.25, -0.2) is 0 Å². The fraction of sp³-hybridized carbons (Fsp3) is 0.200. The van der Waals surface area contributed by atoms with Crippen LogP contribution in [-0.4, -0.2) is 0 Å². The van der Waals surface area contributed by atoms with E-state index in [9.17, 15) is 0 Å². The summed E-state index contributed by atoms with van der Waals surface area (Å²) < 4.78 is 32.4. The maximum absolute atomic E-state index is 8.11. The van der Waals surface area contributed by atoms with Gasteiger partial charge in [-0.05, 0) is 22.6 Å². The van der Waals surface area contributed by atoms with E-state index in [4.69, 9.17) is 5.48 Å². The van der Waals surface area contributed by atoms with E-state index in [2.05, 4.69) is 0 Å². The molecule has 0 aliphatic heterocycles. The Morgan fingerprint density at radius 3 is 2.00 bits per heavy atom. The van der Waals surface area contributed by atoms with Gasteiger partial charge in [0.15, 0.2) is 0 Å². The molecule has 2 aromatic carbocycles. The van der Waals surface area contributed by atoms with Crippen LogP contribution < -0.4 is 0 Å². The van der Waals surface area contributed by atoms with Crippen LogP contribution in [-0.2, 0) is 0 Å². The molecule has 0 aliphatic rings. The molecule has 0 saturated heterocycles. The average molecular weight is 200 g/mol. The van der Waals surface area contributed by atoms with Crippen LogP contribution in [0.5, 0.6) is 0 Å². The Bertz CT molecular complexity index is 574. The summed E-state index contributed by atoms with van der Waals surface area (Å²) in [5, 5.41) is 0. The number of hydrogen-bond donors (Lipinski definition) is 0. The molecule has 0 nitrogen and oxygen atoms in total. The Labute approximate surface area is 97.2 Å². The minimum Gasteiger partial charge on any atom is -0.0622 e. The third-order valence-corrected chi connectivity index (χ3v) is 2.28. The van der Waals surface area contributed by atoms with Gasteiger partial charge < -0.3 is 0 Å². The van der Waals surface area contributed by atoms with Gasteiger partial charge in [-0.15, -0.1) is 0 Å². The molecule has 0 heterocycles. The van der Waals surface area contributed by atoms with Crippen LogP contribution in [0.4, 0.5) is 0 Å². The predicted octanol–water partition coefficient (Wildman–Crippen LogP) is 4.48. The highest BCUT2D eigenvalue weighted by atomic mass is 14.0. The van der Waals surface area contributed by atoms with Crippen molar-refractivity contribution in [2.24, 2.45) is 0 Å². The third-order valence-electron chi connectivity index (χ3n) is 2.28. The zero-order valence-electron chi connectivity index (χ0n) is 13.0. The first-order valence-electron chi connectivity index (χ1n) is 7.10. The van der Waals surface area contributed by atoms with Gasteiger partial charge in [-0.1, -0.05) is 68.3 Å². The molecule has 76 valence electrons. The summed E-state index contributed by atoms with van der Waals surface area (Å²) in [7, 11) is 0. The van der Waals surface area contributed by atoms with Crippen LogP contribution >= 0.6 is 0 Å². The molecule has 0 radical (unpaired) electrons. The van der Waals surface area contributed by atoms with Crippen molar-refractivity contribution in [1.82, 2.24) is 0 Å². The van der Waals surface area contributed by atoms with Gasteiger partial charge in [-0.3, -0.25) is 0 Å². The van der Waals surface area contributed by atoms with Crippen molar-refractivity contribution in [3.05, 3.63) is 60.1 Å².